The molecule has 3 heteroatoms. The summed E-state index contributed by atoms with van der Waals surface area (Å²) in [7, 11) is 0. The molecule has 1 nitrogen and oxygen atoms in total. The van der Waals surface area contributed by atoms with Gasteiger partial charge in [-0.25, -0.2) is 0 Å². The standard InChI is InChI=1S/C17H15ClOS/c18-11-9-15(13-5-2-1-3-6-13)19-16-7-4-8-17-14(16)10-12-20-17/h1-8,10,12,15H,9,11H2. The summed E-state index contributed by atoms with van der Waals surface area (Å²) >= 11 is 7.66. The van der Waals surface area contributed by atoms with Gasteiger partial charge in [0.05, 0.1) is 0 Å². The van der Waals surface area contributed by atoms with Crippen molar-refractivity contribution in [3.8, 4) is 5.75 Å². The van der Waals surface area contributed by atoms with E-state index in [1.165, 1.54) is 15.6 Å². The topological polar surface area (TPSA) is 9.23 Å². The lowest BCUT2D eigenvalue weighted by Gasteiger charge is -2.19. The molecule has 3 aromatic rings. The molecular weight excluding hydrogens is 288 g/mol. The molecule has 3 rings (SSSR count). The van der Waals surface area contributed by atoms with Crippen LogP contribution in [0.1, 0.15) is 18.1 Å². The Labute approximate surface area is 127 Å². The smallest absolute Gasteiger partial charge is 0.128 e. The van der Waals surface area contributed by atoms with Crippen molar-refractivity contribution in [2.45, 2.75) is 12.5 Å². The Morgan fingerprint density at radius 1 is 1.00 bits per heavy atom. The highest BCUT2D eigenvalue weighted by Crippen LogP contribution is 2.33. The van der Waals surface area contributed by atoms with Gasteiger partial charge in [0, 0.05) is 22.4 Å². The molecule has 0 aliphatic heterocycles. The number of alkyl halides is 1. The molecule has 0 amide bonds. The minimum atomic E-state index is -0.000741. The van der Waals surface area contributed by atoms with Gasteiger partial charge in [0.2, 0.25) is 0 Å². The number of halogens is 1. The van der Waals surface area contributed by atoms with E-state index in [4.69, 9.17) is 16.3 Å². The molecule has 1 atom stereocenters. The highest BCUT2D eigenvalue weighted by Gasteiger charge is 2.14. The number of ether oxygens (including phenoxy) is 1. The molecule has 0 saturated heterocycles. The molecule has 102 valence electrons. The van der Waals surface area contributed by atoms with Crippen molar-refractivity contribution in [3.05, 3.63) is 65.5 Å². The monoisotopic (exact) mass is 302 g/mol. The van der Waals surface area contributed by atoms with Crippen LogP contribution in [0, 0.1) is 0 Å². The Morgan fingerprint density at radius 2 is 1.85 bits per heavy atom. The lowest BCUT2D eigenvalue weighted by atomic mass is 10.1. The van der Waals surface area contributed by atoms with Gasteiger partial charge in [-0.2, -0.15) is 0 Å². The quantitative estimate of drug-likeness (QED) is 0.553. The van der Waals surface area contributed by atoms with E-state index in [0.717, 1.165) is 12.2 Å². The van der Waals surface area contributed by atoms with Gasteiger partial charge in [-0.15, -0.1) is 22.9 Å². The SMILES string of the molecule is ClCCC(Oc1cccc2sccc12)c1ccccc1. The van der Waals surface area contributed by atoms with Gasteiger partial charge in [-0.3, -0.25) is 0 Å². The van der Waals surface area contributed by atoms with E-state index in [1.54, 1.807) is 11.3 Å². The Kier molecular flexibility index (Phi) is 4.24. The summed E-state index contributed by atoms with van der Waals surface area (Å²) in [6, 6.07) is 18.5. The summed E-state index contributed by atoms with van der Waals surface area (Å²) in [5.74, 6) is 1.52. The first kappa shape index (κ1) is 13.5. The van der Waals surface area contributed by atoms with Crippen molar-refractivity contribution < 1.29 is 4.74 Å². The average Bonchev–Trinajstić information content (AvgIpc) is 2.97. The highest BCUT2D eigenvalue weighted by molar-refractivity contribution is 7.17. The van der Waals surface area contributed by atoms with Gasteiger partial charge < -0.3 is 4.74 Å². The first-order chi connectivity index (χ1) is 9.88. The third-order valence-corrected chi connectivity index (χ3v) is 4.37. The van der Waals surface area contributed by atoms with Crippen LogP contribution in [0.3, 0.4) is 0 Å². The summed E-state index contributed by atoms with van der Waals surface area (Å²) in [5, 5.41) is 3.27. The Bertz CT molecular complexity index is 678. The molecule has 0 aliphatic carbocycles. The predicted molar refractivity (Wildman–Crippen MR) is 87.0 cm³/mol. The fourth-order valence-electron chi connectivity index (χ4n) is 2.28. The third-order valence-electron chi connectivity index (χ3n) is 3.27. The molecule has 1 aromatic heterocycles. The van der Waals surface area contributed by atoms with Crippen LogP contribution in [0.25, 0.3) is 10.1 Å². The van der Waals surface area contributed by atoms with Crippen LogP contribution in [-0.4, -0.2) is 5.88 Å². The molecule has 0 spiro atoms. The van der Waals surface area contributed by atoms with Gasteiger partial charge in [0.25, 0.3) is 0 Å². The number of fused-ring (bicyclic) bond motifs is 1. The van der Waals surface area contributed by atoms with Gasteiger partial charge in [0.15, 0.2) is 0 Å². The highest BCUT2D eigenvalue weighted by atomic mass is 35.5. The van der Waals surface area contributed by atoms with Crippen LogP contribution in [0.5, 0.6) is 5.75 Å². The first-order valence-electron chi connectivity index (χ1n) is 6.62. The van der Waals surface area contributed by atoms with Crippen LogP contribution < -0.4 is 4.74 Å². The summed E-state index contributed by atoms with van der Waals surface area (Å²) in [6.07, 6.45) is 0.797. The number of thiophene rings is 1. The maximum absolute atomic E-state index is 6.23. The maximum Gasteiger partial charge on any atom is 0.128 e. The zero-order valence-corrected chi connectivity index (χ0v) is 12.5. The van der Waals surface area contributed by atoms with Crippen LogP contribution in [0.4, 0.5) is 0 Å². The third kappa shape index (κ3) is 2.82. The fourth-order valence-corrected chi connectivity index (χ4v) is 3.28. The number of benzene rings is 2. The van der Waals surface area contributed by atoms with Gasteiger partial charge >= 0.3 is 0 Å². The predicted octanol–water partition coefficient (Wildman–Crippen LogP) is 5.65. The average molecular weight is 303 g/mol. The van der Waals surface area contributed by atoms with E-state index in [2.05, 4.69) is 29.6 Å². The minimum absolute atomic E-state index is 0.000741. The molecule has 0 radical (unpaired) electrons. The molecule has 1 unspecified atom stereocenters. The Hall–Kier alpha value is -1.51. The number of hydrogen-bond donors (Lipinski definition) is 0. The van der Waals surface area contributed by atoms with E-state index >= 15 is 0 Å². The summed E-state index contributed by atoms with van der Waals surface area (Å²) in [6.45, 7) is 0. The lowest BCUT2D eigenvalue weighted by molar-refractivity contribution is 0.205. The summed E-state index contributed by atoms with van der Waals surface area (Å²) in [5.41, 5.74) is 1.17. The zero-order chi connectivity index (χ0) is 13.8. The van der Waals surface area contributed by atoms with Crippen LogP contribution in [0.2, 0.25) is 0 Å². The molecule has 0 aliphatic rings. The van der Waals surface area contributed by atoms with Crippen molar-refractivity contribution in [1.82, 2.24) is 0 Å². The van der Waals surface area contributed by atoms with E-state index < -0.39 is 0 Å². The van der Waals surface area contributed by atoms with Crippen molar-refractivity contribution in [1.29, 1.82) is 0 Å². The number of hydrogen-bond acceptors (Lipinski definition) is 2. The summed E-state index contributed by atoms with van der Waals surface area (Å²) in [4.78, 5) is 0. The van der Waals surface area contributed by atoms with E-state index in [9.17, 15) is 0 Å². The van der Waals surface area contributed by atoms with Crippen LogP contribution in [0.15, 0.2) is 60.0 Å². The molecule has 20 heavy (non-hydrogen) atoms. The largest absolute Gasteiger partial charge is 0.485 e. The molecule has 0 saturated carbocycles. The van der Waals surface area contributed by atoms with E-state index in [-0.39, 0.29) is 6.10 Å². The molecular formula is C17H15ClOS. The summed E-state index contributed by atoms with van der Waals surface area (Å²) < 4.78 is 7.48. The van der Waals surface area contributed by atoms with Crippen LogP contribution >= 0.6 is 22.9 Å². The lowest BCUT2D eigenvalue weighted by Crippen LogP contribution is -2.08. The molecule has 1 heterocycles. The van der Waals surface area contributed by atoms with E-state index in [0.29, 0.717) is 5.88 Å². The first-order valence-corrected chi connectivity index (χ1v) is 8.03. The second-order valence-electron chi connectivity index (χ2n) is 4.58. The number of rotatable bonds is 5. The Balaban J connectivity index is 1.92. The second-order valence-corrected chi connectivity index (χ2v) is 5.91. The minimum Gasteiger partial charge on any atom is -0.485 e. The van der Waals surface area contributed by atoms with Crippen molar-refractivity contribution in [2.75, 3.05) is 5.88 Å². The van der Waals surface area contributed by atoms with Gasteiger partial charge in [-0.05, 0) is 29.1 Å². The van der Waals surface area contributed by atoms with Crippen LogP contribution in [-0.2, 0) is 0 Å². The van der Waals surface area contributed by atoms with Gasteiger partial charge in [0.1, 0.15) is 11.9 Å². The second kappa shape index (κ2) is 6.29. The van der Waals surface area contributed by atoms with Crippen molar-refractivity contribution >= 4 is 33.0 Å². The maximum atomic E-state index is 6.23. The normalized spacial score (nSPS) is 12.4. The molecule has 0 N–H and O–H groups in total. The zero-order valence-electron chi connectivity index (χ0n) is 11.0. The molecule has 2 aromatic carbocycles. The van der Waals surface area contributed by atoms with Crippen molar-refractivity contribution in [2.24, 2.45) is 0 Å². The molecule has 0 fully saturated rings. The van der Waals surface area contributed by atoms with E-state index in [1.807, 2.05) is 30.3 Å². The Morgan fingerprint density at radius 3 is 2.65 bits per heavy atom. The fraction of sp³-hybridized carbons (Fsp3) is 0.176. The molecule has 0 bridgehead atoms. The van der Waals surface area contributed by atoms with Crippen molar-refractivity contribution in [3.63, 3.8) is 0 Å². The van der Waals surface area contributed by atoms with Gasteiger partial charge in [-0.1, -0.05) is 36.4 Å².